The second-order valence-corrected chi connectivity index (χ2v) is 11.0. The molecule has 0 saturated carbocycles. The van der Waals surface area contributed by atoms with Crippen LogP contribution in [0.5, 0.6) is 0 Å². The van der Waals surface area contributed by atoms with Gasteiger partial charge >= 0.3 is 0 Å². The van der Waals surface area contributed by atoms with Crippen molar-refractivity contribution in [1.82, 2.24) is 4.90 Å². The van der Waals surface area contributed by atoms with Crippen molar-refractivity contribution in [2.75, 3.05) is 43.1 Å². The topological polar surface area (TPSA) is 105 Å². The first-order valence-electron chi connectivity index (χ1n) is 11.2. The van der Waals surface area contributed by atoms with Crippen LogP contribution >= 0.6 is 0 Å². The molecule has 3 N–H and O–H groups in total. The number of halogens is 2. The molecule has 1 aliphatic rings. The van der Waals surface area contributed by atoms with Crippen molar-refractivity contribution in [3.8, 4) is 0 Å². The van der Waals surface area contributed by atoms with Gasteiger partial charge in [0.05, 0.1) is 12.3 Å². The fourth-order valence-electron chi connectivity index (χ4n) is 3.97. The van der Waals surface area contributed by atoms with E-state index in [2.05, 4.69) is 5.32 Å². The zero-order valence-electron chi connectivity index (χ0n) is 20.8. The molecule has 1 aromatic carbocycles. The van der Waals surface area contributed by atoms with E-state index in [0.717, 1.165) is 6.07 Å². The number of morpholine rings is 1. The first-order valence-corrected chi connectivity index (χ1v) is 11.2. The molecule has 1 fully saturated rings. The highest BCUT2D eigenvalue weighted by Gasteiger charge is 2.36. The van der Waals surface area contributed by atoms with Gasteiger partial charge in [-0.3, -0.25) is 19.3 Å². The van der Waals surface area contributed by atoms with Crippen molar-refractivity contribution in [3.05, 3.63) is 23.8 Å². The smallest absolute Gasteiger partial charge is 0.265 e. The number of benzene rings is 1. The van der Waals surface area contributed by atoms with E-state index in [1.165, 1.54) is 17.0 Å². The Morgan fingerprint density at radius 3 is 2.21 bits per heavy atom. The monoisotopic (exact) mass is 482 g/mol. The quantitative estimate of drug-likeness (QED) is 0.554. The van der Waals surface area contributed by atoms with Gasteiger partial charge in [0.15, 0.2) is 6.04 Å². The number of anilines is 2. The van der Waals surface area contributed by atoms with E-state index < -0.39 is 35.8 Å². The molecule has 1 aliphatic heterocycles. The van der Waals surface area contributed by atoms with Crippen molar-refractivity contribution >= 4 is 29.1 Å². The molecular formula is C24H36F2N4O4. The summed E-state index contributed by atoms with van der Waals surface area (Å²) in [6, 6.07) is 2.63. The third-order valence-electron chi connectivity index (χ3n) is 5.04. The van der Waals surface area contributed by atoms with Gasteiger partial charge in [0, 0.05) is 30.9 Å². The molecule has 1 saturated heterocycles. The van der Waals surface area contributed by atoms with Crippen LogP contribution in [-0.2, 0) is 19.1 Å². The maximum Gasteiger partial charge on any atom is 0.265 e. The Balaban J connectivity index is 2.35. The van der Waals surface area contributed by atoms with E-state index >= 15 is 0 Å². The average Bonchev–Trinajstić information content (AvgIpc) is 2.65. The number of amides is 3. The highest BCUT2D eigenvalue weighted by atomic mass is 19.3. The summed E-state index contributed by atoms with van der Waals surface area (Å²) in [7, 11) is 0. The molecule has 3 amide bonds. The fourth-order valence-corrected chi connectivity index (χ4v) is 3.97. The van der Waals surface area contributed by atoms with Crippen molar-refractivity contribution in [3.63, 3.8) is 0 Å². The summed E-state index contributed by atoms with van der Waals surface area (Å²) < 4.78 is 32.8. The molecule has 2 rings (SSSR count). The lowest BCUT2D eigenvalue weighted by atomic mass is 9.90. The molecule has 1 aromatic rings. The Morgan fingerprint density at radius 1 is 1.15 bits per heavy atom. The van der Waals surface area contributed by atoms with E-state index in [4.69, 9.17) is 10.5 Å². The predicted octanol–water partition coefficient (Wildman–Crippen LogP) is 3.17. The Hall–Kier alpha value is -2.59. The summed E-state index contributed by atoms with van der Waals surface area (Å²) >= 11 is 0. The number of rotatable bonds is 8. The number of alkyl halides is 2. The average molecular weight is 483 g/mol. The number of carbonyl (C=O) groups is 3. The molecule has 0 spiro atoms. The van der Waals surface area contributed by atoms with Crippen molar-refractivity contribution < 1.29 is 27.9 Å². The van der Waals surface area contributed by atoms with Gasteiger partial charge in [-0.1, -0.05) is 41.5 Å². The predicted molar refractivity (Wildman–Crippen MR) is 127 cm³/mol. The normalized spacial score (nSPS) is 16.2. The molecule has 10 heteroatoms. The van der Waals surface area contributed by atoms with Crippen molar-refractivity contribution in [2.24, 2.45) is 16.6 Å². The van der Waals surface area contributed by atoms with Crippen molar-refractivity contribution in [2.45, 2.75) is 54.0 Å². The van der Waals surface area contributed by atoms with Gasteiger partial charge in [-0.2, -0.15) is 0 Å². The molecule has 1 heterocycles. The first-order chi connectivity index (χ1) is 15.6. The fraction of sp³-hybridized carbons (Fsp3) is 0.625. The molecule has 8 nitrogen and oxygen atoms in total. The summed E-state index contributed by atoms with van der Waals surface area (Å²) in [5.41, 5.74) is 4.92. The Morgan fingerprint density at radius 2 is 1.74 bits per heavy atom. The van der Waals surface area contributed by atoms with Gasteiger partial charge in [0.2, 0.25) is 5.91 Å². The second kappa shape index (κ2) is 10.8. The highest BCUT2D eigenvalue weighted by Crippen LogP contribution is 2.33. The maximum absolute atomic E-state index is 13.8. The minimum atomic E-state index is -2.88. The maximum atomic E-state index is 13.8. The number of nitrogens with two attached hydrogens (primary N) is 1. The van der Waals surface area contributed by atoms with E-state index in [0.29, 0.717) is 13.1 Å². The first kappa shape index (κ1) is 27.7. The summed E-state index contributed by atoms with van der Waals surface area (Å²) in [6.07, 6.45) is -2.88. The number of hydrogen-bond acceptors (Lipinski definition) is 5. The summed E-state index contributed by atoms with van der Waals surface area (Å²) in [5, 5.41) is 2.57. The molecule has 0 unspecified atom stereocenters. The van der Waals surface area contributed by atoms with Crippen LogP contribution in [-0.4, -0.2) is 61.5 Å². The molecule has 1 atom stereocenters. The van der Waals surface area contributed by atoms with Crippen LogP contribution < -0.4 is 16.0 Å². The van der Waals surface area contributed by atoms with Crippen LogP contribution in [0.1, 0.15) is 53.5 Å². The van der Waals surface area contributed by atoms with E-state index in [9.17, 15) is 23.2 Å². The lowest BCUT2D eigenvalue weighted by Crippen LogP contribution is -2.56. The molecule has 0 aliphatic carbocycles. The van der Waals surface area contributed by atoms with Crippen molar-refractivity contribution in [1.29, 1.82) is 0 Å². The Labute approximate surface area is 199 Å². The molecule has 0 aromatic heterocycles. The zero-order valence-corrected chi connectivity index (χ0v) is 20.8. The van der Waals surface area contributed by atoms with Crippen LogP contribution in [0.15, 0.2) is 18.2 Å². The number of ether oxygens (including phenoxy) is 1. The SMILES string of the molecule is CC(C)(C)CN(CC(C)(C)C)[C@@H](C(N)=O)C(=O)Nc1ccc(N2CCOCC2=O)c(C(F)F)c1. The summed E-state index contributed by atoms with van der Waals surface area (Å²) in [5.74, 6) is -1.94. The largest absolute Gasteiger partial charge is 0.370 e. The zero-order chi connectivity index (χ0) is 25.8. The summed E-state index contributed by atoms with van der Waals surface area (Å²) in [6.45, 7) is 13.0. The van der Waals surface area contributed by atoms with Crippen LogP contribution in [0.25, 0.3) is 0 Å². The van der Waals surface area contributed by atoms with Gasteiger partial charge in [-0.25, -0.2) is 8.78 Å². The number of hydrogen-bond donors (Lipinski definition) is 2. The standard InChI is InChI=1S/C24H36F2N4O4/c1-23(2,3)13-29(14-24(4,5)6)19(21(27)32)22(33)28-15-7-8-17(16(11-15)20(25)26)30-9-10-34-12-18(30)31/h7-8,11,19-20H,9-10,12-14H2,1-6H3,(H2,27,32)(H,28,33)/t19-/m0/s1. The molecular weight excluding hydrogens is 446 g/mol. The number of nitrogens with one attached hydrogen (secondary N) is 1. The number of nitrogens with zero attached hydrogens (tertiary/aromatic N) is 2. The second-order valence-electron chi connectivity index (χ2n) is 11.0. The Kier molecular flexibility index (Phi) is 8.76. The van der Waals surface area contributed by atoms with E-state index in [1.807, 2.05) is 41.5 Å². The minimum Gasteiger partial charge on any atom is -0.370 e. The van der Waals surface area contributed by atoms with Gasteiger partial charge in [-0.15, -0.1) is 0 Å². The lowest BCUT2D eigenvalue weighted by molar-refractivity contribution is -0.133. The Bertz CT molecular complexity index is 893. The number of carbonyl (C=O) groups excluding carboxylic acids is 3. The van der Waals surface area contributed by atoms with Gasteiger partial charge < -0.3 is 20.7 Å². The lowest BCUT2D eigenvalue weighted by Gasteiger charge is -2.38. The van der Waals surface area contributed by atoms with Crippen LogP contribution in [0, 0.1) is 10.8 Å². The van der Waals surface area contributed by atoms with Crippen LogP contribution in [0.2, 0.25) is 0 Å². The molecule has 0 radical (unpaired) electrons. The molecule has 34 heavy (non-hydrogen) atoms. The van der Waals surface area contributed by atoms with Crippen LogP contribution in [0.3, 0.4) is 0 Å². The number of primary amides is 1. The van der Waals surface area contributed by atoms with Gasteiger partial charge in [-0.05, 0) is 29.0 Å². The third-order valence-corrected chi connectivity index (χ3v) is 5.04. The van der Waals surface area contributed by atoms with Gasteiger partial charge in [0.1, 0.15) is 6.61 Å². The molecule has 190 valence electrons. The third kappa shape index (κ3) is 7.73. The van der Waals surface area contributed by atoms with E-state index in [-0.39, 0.29) is 42.0 Å². The highest BCUT2D eigenvalue weighted by molar-refractivity contribution is 6.09. The van der Waals surface area contributed by atoms with E-state index in [1.54, 1.807) is 4.90 Å². The van der Waals surface area contributed by atoms with Crippen LogP contribution in [0.4, 0.5) is 20.2 Å². The minimum absolute atomic E-state index is 0.0647. The summed E-state index contributed by atoms with van der Waals surface area (Å²) in [4.78, 5) is 40.6. The van der Waals surface area contributed by atoms with Gasteiger partial charge in [0.25, 0.3) is 18.2 Å². The molecule has 0 bridgehead atoms.